The van der Waals surface area contributed by atoms with E-state index in [0.717, 1.165) is 11.4 Å². The van der Waals surface area contributed by atoms with Crippen molar-refractivity contribution in [3.8, 4) is 11.4 Å². The lowest BCUT2D eigenvalue weighted by molar-refractivity contribution is 0.449. The largest absolute Gasteiger partial charge is 0.430 e. The van der Waals surface area contributed by atoms with Crippen LogP contribution in [-0.4, -0.2) is 34.0 Å². The van der Waals surface area contributed by atoms with Gasteiger partial charge in [-0.3, -0.25) is 0 Å². The summed E-state index contributed by atoms with van der Waals surface area (Å²) in [5.41, 5.74) is 1.92. The second-order valence-corrected chi connectivity index (χ2v) is 5.02. The number of benzene rings is 1. The van der Waals surface area contributed by atoms with Crippen molar-refractivity contribution < 1.29 is 4.74 Å². The molecule has 1 heterocycles. The minimum atomic E-state index is 0.366. The molecule has 0 atom stereocenters. The molecule has 0 aliphatic rings. The summed E-state index contributed by atoms with van der Waals surface area (Å²) < 4.78 is 7.31. The van der Waals surface area contributed by atoms with Gasteiger partial charge in [-0.1, -0.05) is 11.6 Å². The zero-order valence-electron chi connectivity index (χ0n) is 10.9. The van der Waals surface area contributed by atoms with Gasteiger partial charge in [-0.05, 0) is 43.4 Å². The molecule has 0 unspecified atom stereocenters. The molecule has 0 saturated carbocycles. The molecule has 100 valence electrons. The molecule has 0 aliphatic carbocycles. The molecule has 6 heteroatoms. The quantitative estimate of drug-likeness (QED) is 0.797. The fraction of sp³-hybridized carbons (Fsp3) is 0.231. The first-order chi connectivity index (χ1) is 8.99. The topological polar surface area (TPSA) is 30.3 Å². The number of aryl methyl sites for hydroxylation is 1. The Morgan fingerprint density at radius 3 is 2.63 bits per heavy atom. The van der Waals surface area contributed by atoms with E-state index in [0.29, 0.717) is 15.9 Å². The minimum Gasteiger partial charge on any atom is -0.430 e. The Balaban J connectivity index is 2.28. The summed E-state index contributed by atoms with van der Waals surface area (Å²) in [6, 6.07) is 7.41. The van der Waals surface area contributed by atoms with Gasteiger partial charge in [-0.25, -0.2) is 4.68 Å². The molecule has 2 rings (SSSR count). The van der Waals surface area contributed by atoms with E-state index in [2.05, 4.69) is 5.10 Å². The van der Waals surface area contributed by atoms with Crippen LogP contribution in [0.5, 0.6) is 5.75 Å². The molecule has 4 nitrogen and oxygen atoms in total. The zero-order valence-corrected chi connectivity index (χ0v) is 12.5. The molecule has 19 heavy (non-hydrogen) atoms. The fourth-order valence-corrected chi connectivity index (χ4v) is 1.83. The molecule has 0 bridgehead atoms. The predicted octanol–water partition coefficient (Wildman–Crippen LogP) is 3.06. The van der Waals surface area contributed by atoms with Crippen LogP contribution >= 0.6 is 23.8 Å². The molecule has 0 amide bonds. The van der Waals surface area contributed by atoms with Gasteiger partial charge in [0.25, 0.3) is 5.17 Å². The van der Waals surface area contributed by atoms with E-state index in [4.69, 9.17) is 28.6 Å². The lowest BCUT2D eigenvalue weighted by Gasteiger charge is -2.15. The number of halogens is 1. The number of ether oxygens (including phenoxy) is 1. The maximum Gasteiger partial charge on any atom is 0.264 e. The first kappa shape index (κ1) is 13.8. The molecule has 0 radical (unpaired) electrons. The highest BCUT2D eigenvalue weighted by molar-refractivity contribution is 7.80. The summed E-state index contributed by atoms with van der Waals surface area (Å²) in [6.45, 7) is 1.98. The number of hydrogen-bond donors (Lipinski definition) is 0. The highest BCUT2D eigenvalue weighted by Crippen LogP contribution is 2.27. The third-order valence-electron chi connectivity index (χ3n) is 2.55. The molecule has 0 N–H and O–H groups in total. The summed E-state index contributed by atoms with van der Waals surface area (Å²) in [5.74, 6) is 0.536. The number of rotatable bonds is 2. The third kappa shape index (κ3) is 3.05. The lowest BCUT2D eigenvalue weighted by Crippen LogP contribution is -2.25. The monoisotopic (exact) mass is 295 g/mol. The van der Waals surface area contributed by atoms with Gasteiger partial charge in [0.15, 0.2) is 0 Å². The molecule has 2 aromatic rings. The van der Waals surface area contributed by atoms with Crippen LogP contribution in [0.15, 0.2) is 30.5 Å². The van der Waals surface area contributed by atoms with Crippen LogP contribution in [0.2, 0.25) is 5.02 Å². The van der Waals surface area contributed by atoms with E-state index < -0.39 is 0 Å². The average molecular weight is 296 g/mol. The molecular weight excluding hydrogens is 282 g/mol. The van der Waals surface area contributed by atoms with E-state index >= 15 is 0 Å². The van der Waals surface area contributed by atoms with Crippen molar-refractivity contribution in [3.63, 3.8) is 0 Å². The standard InChI is InChI=1S/C13H14ClN3OS/c1-9-6-7-15-17(9)10-4-5-12(11(14)8-10)18-13(19)16(2)3/h4-8H,1-3H3. The molecular formula is C13H14ClN3OS. The lowest BCUT2D eigenvalue weighted by atomic mass is 10.3. The third-order valence-corrected chi connectivity index (χ3v) is 3.30. The first-order valence-corrected chi connectivity index (χ1v) is 6.47. The number of thiocarbonyl (C=S) groups is 1. The second kappa shape index (κ2) is 5.59. The van der Waals surface area contributed by atoms with Crippen LogP contribution in [-0.2, 0) is 0 Å². The van der Waals surface area contributed by atoms with Gasteiger partial charge in [0.2, 0.25) is 0 Å². The number of nitrogens with zero attached hydrogens (tertiary/aromatic N) is 3. The predicted molar refractivity (Wildman–Crippen MR) is 80.2 cm³/mol. The van der Waals surface area contributed by atoms with E-state index in [1.165, 1.54) is 0 Å². The van der Waals surface area contributed by atoms with Gasteiger partial charge in [0, 0.05) is 26.0 Å². The molecule has 0 fully saturated rings. The summed E-state index contributed by atoms with van der Waals surface area (Å²) in [6.07, 6.45) is 1.74. The Kier molecular flexibility index (Phi) is 4.07. The SMILES string of the molecule is Cc1ccnn1-c1ccc(OC(=S)N(C)C)c(Cl)c1. The van der Waals surface area contributed by atoms with Gasteiger partial charge in [-0.2, -0.15) is 5.10 Å². The highest BCUT2D eigenvalue weighted by atomic mass is 35.5. The van der Waals surface area contributed by atoms with Crippen LogP contribution in [0.4, 0.5) is 0 Å². The Morgan fingerprint density at radius 1 is 1.37 bits per heavy atom. The number of aromatic nitrogens is 2. The van der Waals surface area contributed by atoms with Gasteiger partial charge in [0.1, 0.15) is 5.75 Å². The van der Waals surface area contributed by atoms with Gasteiger partial charge in [0.05, 0.1) is 10.7 Å². The maximum absolute atomic E-state index is 6.20. The van der Waals surface area contributed by atoms with E-state index in [9.17, 15) is 0 Å². The van der Waals surface area contributed by atoms with Crippen LogP contribution in [0.25, 0.3) is 5.69 Å². The summed E-state index contributed by atoms with van der Waals surface area (Å²) in [5, 5.41) is 5.09. The molecule has 1 aromatic heterocycles. The highest BCUT2D eigenvalue weighted by Gasteiger charge is 2.09. The van der Waals surface area contributed by atoms with Crippen molar-refractivity contribution in [2.24, 2.45) is 0 Å². The van der Waals surface area contributed by atoms with Gasteiger partial charge < -0.3 is 9.64 Å². The fourth-order valence-electron chi connectivity index (χ4n) is 1.53. The Morgan fingerprint density at radius 2 is 2.11 bits per heavy atom. The van der Waals surface area contributed by atoms with Crippen LogP contribution in [0.3, 0.4) is 0 Å². The smallest absolute Gasteiger partial charge is 0.264 e. The first-order valence-electron chi connectivity index (χ1n) is 5.68. The van der Waals surface area contributed by atoms with Crippen molar-refractivity contribution >= 4 is 29.0 Å². The Bertz CT molecular complexity index is 610. The van der Waals surface area contributed by atoms with Crippen molar-refractivity contribution in [2.75, 3.05) is 14.1 Å². The summed E-state index contributed by atoms with van der Waals surface area (Å²) in [4.78, 5) is 1.71. The van der Waals surface area contributed by atoms with Crippen molar-refractivity contribution in [1.82, 2.24) is 14.7 Å². The van der Waals surface area contributed by atoms with E-state index in [1.807, 2.05) is 33.2 Å². The maximum atomic E-state index is 6.20. The normalized spacial score (nSPS) is 10.3. The Hall–Kier alpha value is -1.59. The Labute approximate surface area is 122 Å². The molecule has 1 aromatic carbocycles. The van der Waals surface area contributed by atoms with Crippen molar-refractivity contribution in [1.29, 1.82) is 0 Å². The summed E-state index contributed by atoms with van der Waals surface area (Å²) in [7, 11) is 3.63. The molecule has 0 aliphatic heterocycles. The minimum absolute atomic E-state index is 0.366. The van der Waals surface area contributed by atoms with Gasteiger partial charge in [-0.15, -0.1) is 0 Å². The van der Waals surface area contributed by atoms with Gasteiger partial charge >= 0.3 is 0 Å². The van der Waals surface area contributed by atoms with Crippen LogP contribution in [0.1, 0.15) is 5.69 Å². The van der Waals surface area contributed by atoms with Crippen molar-refractivity contribution in [2.45, 2.75) is 6.92 Å². The van der Waals surface area contributed by atoms with E-state index in [1.54, 1.807) is 27.9 Å². The summed E-state index contributed by atoms with van der Waals surface area (Å²) >= 11 is 11.3. The molecule has 0 saturated heterocycles. The number of hydrogen-bond acceptors (Lipinski definition) is 3. The zero-order chi connectivity index (χ0) is 14.0. The average Bonchev–Trinajstić information content (AvgIpc) is 2.78. The van der Waals surface area contributed by atoms with Crippen LogP contribution < -0.4 is 4.74 Å². The second-order valence-electron chi connectivity index (χ2n) is 4.26. The van der Waals surface area contributed by atoms with Crippen LogP contribution in [0, 0.1) is 6.92 Å². The van der Waals surface area contributed by atoms with E-state index in [-0.39, 0.29) is 0 Å². The van der Waals surface area contributed by atoms with Crippen molar-refractivity contribution in [3.05, 3.63) is 41.2 Å². The molecule has 0 spiro atoms.